The Balaban J connectivity index is 2.13. The smallest absolute Gasteiger partial charge is 0.228 e. The quantitative estimate of drug-likeness (QED) is 0.849. The van der Waals surface area contributed by atoms with Crippen molar-refractivity contribution in [1.82, 2.24) is 15.5 Å². The van der Waals surface area contributed by atoms with Crippen LogP contribution in [-0.2, 0) is 11.2 Å². The monoisotopic (exact) mass is 293 g/mol. The summed E-state index contributed by atoms with van der Waals surface area (Å²) in [7, 11) is 1.65. The zero-order valence-electron chi connectivity index (χ0n) is 12.5. The Labute approximate surface area is 123 Å². The van der Waals surface area contributed by atoms with E-state index >= 15 is 0 Å². The van der Waals surface area contributed by atoms with Crippen LogP contribution in [0.15, 0.2) is 22.7 Å². The predicted molar refractivity (Wildman–Crippen MR) is 77.5 cm³/mol. The molecule has 6 heteroatoms. The Kier molecular flexibility index (Phi) is 5.41. The first kappa shape index (κ1) is 15.6. The first-order valence-corrected chi connectivity index (χ1v) is 6.94. The van der Waals surface area contributed by atoms with Gasteiger partial charge in [-0.05, 0) is 37.2 Å². The lowest BCUT2D eigenvalue weighted by atomic mass is 10.1. The molecule has 0 amide bonds. The van der Waals surface area contributed by atoms with Crippen LogP contribution < -0.4 is 5.32 Å². The zero-order valence-corrected chi connectivity index (χ0v) is 12.5. The molecule has 21 heavy (non-hydrogen) atoms. The molecule has 1 N–H and O–H groups in total. The largest absolute Gasteiger partial charge is 0.383 e. The normalized spacial score (nSPS) is 12.6. The van der Waals surface area contributed by atoms with Gasteiger partial charge in [0.25, 0.3) is 0 Å². The van der Waals surface area contributed by atoms with Crippen molar-refractivity contribution in [3.63, 3.8) is 0 Å². The summed E-state index contributed by atoms with van der Waals surface area (Å²) in [6, 6.07) is 4.81. The van der Waals surface area contributed by atoms with Gasteiger partial charge in [-0.25, -0.2) is 4.39 Å². The van der Waals surface area contributed by atoms with E-state index in [0.29, 0.717) is 30.3 Å². The minimum Gasteiger partial charge on any atom is -0.383 e. The van der Waals surface area contributed by atoms with Crippen molar-refractivity contribution in [2.45, 2.75) is 26.3 Å². The number of likely N-dealkylation sites (N-methyl/N-ethyl adjacent to an activating group) is 1. The van der Waals surface area contributed by atoms with Crippen molar-refractivity contribution in [2.75, 3.05) is 20.3 Å². The molecular weight excluding hydrogens is 273 g/mol. The molecule has 1 heterocycles. The molecule has 1 unspecified atom stereocenters. The van der Waals surface area contributed by atoms with E-state index in [1.807, 2.05) is 19.9 Å². The average Bonchev–Trinajstić information content (AvgIpc) is 2.87. The number of hydrogen-bond donors (Lipinski definition) is 1. The number of aryl methyl sites for hydroxylation is 1. The third-order valence-electron chi connectivity index (χ3n) is 3.05. The minimum atomic E-state index is -0.304. The number of hydrogen-bond acceptors (Lipinski definition) is 5. The molecule has 0 saturated carbocycles. The second-order valence-corrected chi connectivity index (χ2v) is 4.94. The summed E-state index contributed by atoms with van der Waals surface area (Å²) in [5.41, 5.74) is 1.44. The highest BCUT2D eigenvalue weighted by molar-refractivity contribution is 5.55. The van der Waals surface area contributed by atoms with Gasteiger partial charge in [0, 0.05) is 25.1 Å². The van der Waals surface area contributed by atoms with Crippen molar-refractivity contribution in [3.05, 3.63) is 35.5 Å². The van der Waals surface area contributed by atoms with Gasteiger partial charge in [0.15, 0.2) is 0 Å². The predicted octanol–water partition coefficient (Wildman–Crippen LogP) is 2.35. The van der Waals surface area contributed by atoms with Crippen LogP contribution in [-0.4, -0.2) is 36.4 Å². The first-order valence-electron chi connectivity index (χ1n) is 6.94. The summed E-state index contributed by atoms with van der Waals surface area (Å²) in [5, 5.41) is 7.21. The fraction of sp³-hybridized carbons (Fsp3) is 0.467. The van der Waals surface area contributed by atoms with Crippen molar-refractivity contribution in [3.8, 4) is 11.4 Å². The summed E-state index contributed by atoms with van der Waals surface area (Å²) in [6.07, 6.45) is 0.572. The Hall–Kier alpha value is -1.79. The van der Waals surface area contributed by atoms with Gasteiger partial charge < -0.3 is 14.6 Å². The van der Waals surface area contributed by atoms with Crippen LogP contribution in [0, 0.1) is 12.7 Å². The van der Waals surface area contributed by atoms with E-state index in [4.69, 9.17) is 9.26 Å². The Morgan fingerprint density at radius 1 is 1.38 bits per heavy atom. The van der Waals surface area contributed by atoms with Gasteiger partial charge in [0.2, 0.25) is 11.7 Å². The molecule has 2 aromatic rings. The highest BCUT2D eigenvalue weighted by Crippen LogP contribution is 2.19. The highest BCUT2D eigenvalue weighted by Gasteiger charge is 2.15. The zero-order chi connectivity index (χ0) is 15.2. The molecule has 1 aromatic heterocycles. The molecular formula is C15H20FN3O2. The molecule has 0 saturated heterocycles. The third kappa shape index (κ3) is 4.34. The maximum absolute atomic E-state index is 13.4. The Bertz CT molecular complexity index is 560. The lowest BCUT2D eigenvalue weighted by Crippen LogP contribution is -2.35. The molecule has 0 aliphatic carbocycles. The molecule has 1 aromatic carbocycles. The fourth-order valence-electron chi connectivity index (χ4n) is 2.21. The van der Waals surface area contributed by atoms with E-state index in [9.17, 15) is 4.39 Å². The molecule has 5 nitrogen and oxygen atoms in total. The Morgan fingerprint density at radius 2 is 2.19 bits per heavy atom. The van der Waals surface area contributed by atoms with Gasteiger partial charge in [-0.15, -0.1) is 0 Å². The number of aromatic nitrogens is 2. The van der Waals surface area contributed by atoms with E-state index in [1.165, 1.54) is 12.1 Å². The topological polar surface area (TPSA) is 60.2 Å². The summed E-state index contributed by atoms with van der Waals surface area (Å²) >= 11 is 0. The van der Waals surface area contributed by atoms with Crippen molar-refractivity contribution >= 4 is 0 Å². The van der Waals surface area contributed by atoms with Crippen LogP contribution in [0.1, 0.15) is 18.4 Å². The third-order valence-corrected chi connectivity index (χ3v) is 3.05. The number of methoxy groups -OCH3 is 1. The van der Waals surface area contributed by atoms with Gasteiger partial charge in [-0.2, -0.15) is 4.98 Å². The van der Waals surface area contributed by atoms with Crippen LogP contribution in [0.25, 0.3) is 11.4 Å². The van der Waals surface area contributed by atoms with Gasteiger partial charge >= 0.3 is 0 Å². The number of ether oxygens (including phenoxy) is 1. The van der Waals surface area contributed by atoms with Crippen molar-refractivity contribution < 1.29 is 13.7 Å². The maximum atomic E-state index is 13.4. The van der Waals surface area contributed by atoms with Crippen molar-refractivity contribution in [1.29, 1.82) is 0 Å². The minimum absolute atomic E-state index is 0.113. The number of rotatable bonds is 7. The van der Waals surface area contributed by atoms with E-state index in [1.54, 1.807) is 7.11 Å². The molecule has 114 valence electrons. The lowest BCUT2D eigenvalue weighted by Gasteiger charge is -2.14. The van der Waals surface area contributed by atoms with E-state index in [-0.39, 0.29) is 11.9 Å². The van der Waals surface area contributed by atoms with Crippen LogP contribution in [0.3, 0.4) is 0 Å². The number of nitrogens with one attached hydrogen (secondary N) is 1. The second-order valence-electron chi connectivity index (χ2n) is 4.94. The molecule has 0 aliphatic heterocycles. The maximum Gasteiger partial charge on any atom is 0.228 e. The van der Waals surface area contributed by atoms with Crippen LogP contribution in [0.2, 0.25) is 0 Å². The first-order chi connectivity index (χ1) is 10.1. The SMILES string of the molecule is CCNC(COC)Cc1nc(-c2cc(C)cc(F)c2)no1. The summed E-state index contributed by atoms with van der Waals surface area (Å²) < 4.78 is 23.8. The molecule has 0 spiro atoms. The second kappa shape index (κ2) is 7.28. The number of nitrogens with zero attached hydrogens (tertiary/aromatic N) is 2. The molecule has 1 atom stereocenters. The van der Waals surface area contributed by atoms with Crippen LogP contribution >= 0.6 is 0 Å². The average molecular weight is 293 g/mol. The highest BCUT2D eigenvalue weighted by atomic mass is 19.1. The summed E-state index contributed by atoms with van der Waals surface area (Å²) in [6.45, 7) is 5.24. The van der Waals surface area contributed by atoms with Gasteiger partial charge in [0.05, 0.1) is 6.61 Å². The Morgan fingerprint density at radius 3 is 2.86 bits per heavy atom. The van der Waals surface area contributed by atoms with Gasteiger partial charge in [0.1, 0.15) is 5.82 Å². The standard InChI is InChI=1S/C15H20FN3O2/c1-4-17-13(9-20-3)8-14-18-15(19-21-14)11-5-10(2)6-12(16)7-11/h5-7,13,17H,4,8-9H2,1-3H3. The van der Waals surface area contributed by atoms with Gasteiger partial charge in [-0.1, -0.05) is 12.1 Å². The van der Waals surface area contributed by atoms with Crippen molar-refractivity contribution in [2.24, 2.45) is 0 Å². The number of halogens is 1. The van der Waals surface area contributed by atoms with Crippen LogP contribution in [0.5, 0.6) is 0 Å². The van der Waals surface area contributed by atoms with Gasteiger partial charge in [-0.3, -0.25) is 0 Å². The molecule has 0 aliphatic rings. The molecule has 0 bridgehead atoms. The summed E-state index contributed by atoms with van der Waals surface area (Å²) in [4.78, 5) is 4.33. The molecule has 2 rings (SSSR count). The van der Waals surface area contributed by atoms with Crippen LogP contribution in [0.4, 0.5) is 4.39 Å². The van der Waals surface area contributed by atoms with E-state index in [2.05, 4.69) is 15.5 Å². The van der Waals surface area contributed by atoms with E-state index in [0.717, 1.165) is 12.1 Å². The number of benzene rings is 1. The van der Waals surface area contributed by atoms with E-state index < -0.39 is 0 Å². The molecule has 0 fully saturated rings. The fourth-order valence-corrected chi connectivity index (χ4v) is 2.21. The summed E-state index contributed by atoms with van der Waals surface area (Å²) in [5.74, 6) is 0.608. The lowest BCUT2D eigenvalue weighted by molar-refractivity contribution is 0.162. The molecule has 0 radical (unpaired) electrons.